The van der Waals surface area contributed by atoms with E-state index in [2.05, 4.69) is 10.3 Å². The number of nitrogens with one attached hydrogen (secondary N) is 2. The molecule has 3 N–H and O–H groups in total. The van der Waals surface area contributed by atoms with Gasteiger partial charge in [-0.15, -0.1) is 0 Å². The Morgan fingerprint density at radius 3 is 2.28 bits per heavy atom. The lowest BCUT2D eigenvalue weighted by atomic mass is 9.98. The highest BCUT2D eigenvalue weighted by molar-refractivity contribution is 8.76. The summed E-state index contributed by atoms with van der Waals surface area (Å²) in [4.78, 5) is 64.9. The number of hydrogen-bond donors (Lipinski definition) is 3. The summed E-state index contributed by atoms with van der Waals surface area (Å²) in [6.07, 6.45) is 0.625. The molecule has 0 atom stereocenters. The molecule has 0 saturated carbocycles. The van der Waals surface area contributed by atoms with E-state index in [0.29, 0.717) is 11.3 Å². The van der Waals surface area contributed by atoms with Gasteiger partial charge in [-0.3, -0.25) is 23.9 Å². The number of carbonyl (C=O) groups is 3. The van der Waals surface area contributed by atoms with Gasteiger partial charge in [0.05, 0.1) is 0 Å². The van der Waals surface area contributed by atoms with Crippen molar-refractivity contribution in [2.24, 2.45) is 0 Å². The number of aliphatic carboxylic acids is 1. The average molecular weight is 627 g/mol. The summed E-state index contributed by atoms with van der Waals surface area (Å²) in [5.74, 6) is -1.71. The van der Waals surface area contributed by atoms with Crippen molar-refractivity contribution in [3.05, 3.63) is 92.3 Å². The predicted molar refractivity (Wildman–Crippen MR) is 167 cm³/mol. The van der Waals surface area contributed by atoms with Gasteiger partial charge < -0.3 is 20.1 Å². The number of H-pyrrole nitrogens is 1. The highest BCUT2D eigenvalue weighted by Gasteiger charge is 2.29. The number of amides is 2. The molecule has 0 saturated heterocycles. The van der Waals surface area contributed by atoms with Crippen LogP contribution in [0.4, 0.5) is 4.79 Å². The fourth-order valence-corrected chi connectivity index (χ4v) is 7.05. The minimum atomic E-state index is -1.25. The lowest BCUT2D eigenvalue weighted by molar-refractivity contribution is -0.144. The number of ether oxygens (including phenoxy) is 1. The number of rotatable bonds is 12. The quantitative estimate of drug-likeness (QED) is 0.256. The third kappa shape index (κ3) is 8.54. The number of aromatic amines is 1. The third-order valence-electron chi connectivity index (χ3n) is 6.59. The van der Waals surface area contributed by atoms with Crippen LogP contribution in [0.25, 0.3) is 11.1 Å². The number of nitrogens with zero attached hydrogens (tertiary/aromatic N) is 2. The number of fused-ring (bicyclic) bond motifs is 3. The Bertz CT molecular complexity index is 1570. The van der Waals surface area contributed by atoms with E-state index in [1.54, 1.807) is 10.8 Å². The highest BCUT2D eigenvalue weighted by Crippen LogP contribution is 2.44. The van der Waals surface area contributed by atoms with Crippen LogP contribution in [0, 0.1) is 0 Å². The molecule has 0 unspecified atom stereocenters. The summed E-state index contributed by atoms with van der Waals surface area (Å²) in [5, 5.41) is 11.9. The van der Waals surface area contributed by atoms with Gasteiger partial charge in [0.25, 0.3) is 5.56 Å². The zero-order valence-electron chi connectivity index (χ0n) is 24.1. The maximum absolute atomic E-state index is 13.0. The second-order valence-electron chi connectivity index (χ2n) is 11.0. The summed E-state index contributed by atoms with van der Waals surface area (Å²) in [6, 6.07) is 15.9. The van der Waals surface area contributed by atoms with Gasteiger partial charge in [0.2, 0.25) is 5.91 Å². The molecule has 0 bridgehead atoms. The van der Waals surface area contributed by atoms with Crippen LogP contribution in [0.15, 0.2) is 64.3 Å². The Balaban J connectivity index is 1.33. The standard InChI is InChI=1S/C30H34N4O7S2/c1-30(2,3)43-42-18-19-14-34(28(39)32-27(19)38)15-25(35)33(16-26(36)37)13-12-31-29(40)41-17-24-22-10-6-4-8-20(22)21-9-5-7-11-23(21)24/h4-11,14,24H,12-13,15-18H2,1-3H3,(H,31,40)(H,36,37)(H,32,38,39). The number of aromatic nitrogens is 2. The normalized spacial score (nSPS) is 12.3. The third-order valence-corrected chi connectivity index (χ3v) is 9.84. The van der Waals surface area contributed by atoms with Gasteiger partial charge in [0.15, 0.2) is 0 Å². The van der Waals surface area contributed by atoms with Crippen molar-refractivity contribution in [1.29, 1.82) is 0 Å². The average Bonchev–Trinajstić information content (AvgIpc) is 3.26. The SMILES string of the molecule is CC(C)(C)SSCc1cn(CC(=O)N(CCNC(=O)OCC2c3ccccc3-c3ccccc32)CC(=O)O)c(=O)[nH]c1=O. The summed E-state index contributed by atoms with van der Waals surface area (Å²) >= 11 is 0. The maximum atomic E-state index is 13.0. The van der Waals surface area contributed by atoms with Crippen molar-refractivity contribution in [2.75, 3.05) is 26.2 Å². The van der Waals surface area contributed by atoms with Crippen LogP contribution in [0.1, 0.15) is 43.4 Å². The first kappa shape index (κ1) is 32.0. The zero-order chi connectivity index (χ0) is 31.1. The molecule has 0 radical (unpaired) electrons. The van der Waals surface area contributed by atoms with E-state index in [4.69, 9.17) is 4.74 Å². The Morgan fingerprint density at radius 1 is 1.05 bits per heavy atom. The Kier molecular flexibility index (Phi) is 10.4. The molecule has 1 aliphatic rings. The number of benzene rings is 2. The summed E-state index contributed by atoms with van der Waals surface area (Å²) in [5.41, 5.74) is 3.35. The van der Waals surface area contributed by atoms with E-state index in [1.807, 2.05) is 69.3 Å². The number of carboxylic acid groups (broad SMARTS) is 1. The lowest BCUT2D eigenvalue weighted by Gasteiger charge is -2.21. The van der Waals surface area contributed by atoms with E-state index in [1.165, 1.54) is 17.0 Å². The topological polar surface area (TPSA) is 151 Å². The first-order valence-corrected chi connectivity index (χ1v) is 16.0. The lowest BCUT2D eigenvalue weighted by Crippen LogP contribution is -2.44. The van der Waals surface area contributed by atoms with Crippen LogP contribution in [0.3, 0.4) is 0 Å². The van der Waals surface area contributed by atoms with E-state index in [-0.39, 0.29) is 30.4 Å². The van der Waals surface area contributed by atoms with E-state index < -0.39 is 42.3 Å². The van der Waals surface area contributed by atoms with Crippen molar-refractivity contribution in [3.8, 4) is 11.1 Å². The van der Waals surface area contributed by atoms with Crippen molar-refractivity contribution < 1.29 is 24.2 Å². The monoisotopic (exact) mass is 626 g/mol. The van der Waals surface area contributed by atoms with Gasteiger partial charge in [-0.05, 0) is 22.3 Å². The first-order valence-electron chi connectivity index (χ1n) is 13.6. The van der Waals surface area contributed by atoms with Crippen LogP contribution in [-0.4, -0.2) is 68.5 Å². The predicted octanol–water partition coefficient (Wildman–Crippen LogP) is 3.67. The van der Waals surface area contributed by atoms with Gasteiger partial charge in [-0.25, -0.2) is 9.59 Å². The Hall–Kier alpha value is -3.97. The molecule has 228 valence electrons. The number of carboxylic acids is 1. The van der Waals surface area contributed by atoms with Crippen LogP contribution in [0.5, 0.6) is 0 Å². The van der Waals surface area contributed by atoms with E-state index in [0.717, 1.165) is 31.7 Å². The highest BCUT2D eigenvalue weighted by atomic mass is 33.1. The minimum Gasteiger partial charge on any atom is -0.480 e. The van der Waals surface area contributed by atoms with Crippen molar-refractivity contribution in [1.82, 2.24) is 19.8 Å². The van der Waals surface area contributed by atoms with Gasteiger partial charge in [0, 0.05) is 41.3 Å². The number of carbonyl (C=O) groups excluding carboxylic acids is 2. The number of hydrogen-bond acceptors (Lipinski definition) is 8. The fraction of sp³-hybridized carbons (Fsp3) is 0.367. The second-order valence-corrected chi connectivity index (χ2v) is 14.1. The molecule has 13 heteroatoms. The fourth-order valence-electron chi connectivity index (χ4n) is 4.69. The molecule has 11 nitrogen and oxygen atoms in total. The Labute approximate surface area is 256 Å². The molecule has 4 rings (SSSR count). The van der Waals surface area contributed by atoms with Crippen LogP contribution >= 0.6 is 21.6 Å². The van der Waals surface area contributed by atoms with Crippen molar-refractivity contribution in [2.45, 2.75) is 43.7 Å². The van der Waals surface area contributed by atoms with Crippen molar-refractivity contribution in [3.63, 3.8) is 0 Å². The molecule has 3 aromatic rings. The smallest absolute Gasteiger partial charge is 0.407 e. The summed E-state index contributed by atoms with van der Waals surface area (Å²) < 4.78 is 6.52. The van der Waals surface area contributed by atoms with Gasteiger partial charge >= 0.3 is 17.8 Å². The first-order chi connectivity index (χ1) is 20.4. The molecule has 1 aliphatic carbocycles. The van der Waals surface area contributed by atoms with Crippen LogP contribution in [0.2, 0.25) is 0 Å². The zero-order valence-corrected chi connectivity index (χ0v) is 25.8. The van der Waals surface area contributed by atoms with Crippen LogP contribution in [-0.2, 0) is 26.6 Å². The minimum absolute atomic E-state index is 0.0347. The molecular weight excluding hydrogens is 592 g/mol. The maximum Gasteiger partial charge on any atom is 0.407 e. The Morgan fingerprint density at radius 2 is 1.67 bits per heavy atom. The molecule has 1 aromatic heterocycles. The molecule has 0 spiro atoms. The second kappa shape index (κ2) is 14.0. The van der Waals surface area contributed by atoms with Gasteiger partial charge in [0.1, 0.15) is 19.7 Å². The largest absolute Gasteiger partial charge is 0.480 e. The van der Waals surface area contributed by atoms with Gasteiger partial charge in [-0.1, -0.05) is 90.9 Å². The molecule has 43 heavy (non-hydrogen) atoms. The van der Waals surface area contributed by atoms with E-state index >= 15 is 0 Å². The molecular formula is C30H34N4O7S2. The van der Waals surface area contributed by atoms with Gasteiger partial charge in [-0.2, -0.15) is 0 Å². The molecule has 1 heterocycles. The molecule has 2 aromatic carbocycles. The van der Waals surface area contributed by atoms with Crippen molar-refractivity contribution >= 4 is 39.6 Å². The summed E-state index contributed by atoms with van der Waals surface area (Å²) in [7, 11) is 3.03. The summed E-state index contributed by atoms with van der Waals surface area (Å²) in [6.45, 7) is 4.92. The number of alkyl carbamates (subject to hydrolysis) is 1. The van der Waals surface area contributed by atoms with E-state index in [9.17, 15) is 29.1 Å². The molecule has 0 fully saturated rings. The van der Waals surface area contributed by atoms with Crippen LogP contribution < -0.4 is 16.6 Å². The molecule has 0 aliphatic heterocycles. The molecule has 2 amide bonds.